The molecular formula is C10H12ClF3N2O2. The quantitative estimate of drug-likeness (QED) is 0.834. The van der Waals surface area contributed by atoms with Gasteiger partial charge in [0.2, 0.25) is 0 Å². The highest BCUT2D eigenvalue weighted by Gasteiger charge is 2.31. The van der Waals surface area contributed by atoms with Crippen molar-refractivity contribution in [2.75, 3.05) is 19.8 Å². The average molecular weight is 285 g/mol. The van der Waals surface area contributed by atoms with Crippen molar-refractivity contribution in [2.45, 2.75) is 12.7 Å². The summed E-state index contributed by atoms with van der Waals surface area (Å²) < 4.78 is 43.4. The first-order chi connectivity index (χ1) is 8.36. The molecule has 1 aromatic heterocycles. The number of pyridine rings is 1. The van der Waals surface area contributed by atoms with Crippen LogP contribution in [0.4, 0.5) is 13.2 Å². The van der Waals surface area contributed by atoms with Gasteiger partial charge in [-0.15, -0.1) is 0 Å². The molecule has 0 amide bonds. The highest BCUT2D eigenvalue weighted by Crippen LogP contribution is 2.29. The standard InChI is InChI=1S/C10H12ClF3N2O2/c11-8-5-7(10(12,13)14)6-16(9(8)17)2-4-18-3-1-15/h5-6H,1-4,15H2. The van der Waals surface area contributed by atoms with Crippen LogP contribution in [0.2, 0.25) is 5.02 Å². The highest BCUT2D eigenvalue weighted by molar-refractivity contribution is 6.30. The third kappa shape index (κ3) is 4.01. The summed E-state index contributed by atoms with van der Waals surface area (Å²) in [6.07, 6.45) is -3.82. The van der Waals surface area contributed by atoms with Gasteiger partial charge in [0.15, 0.2) is 0 Å². The fourth-order valence-corrected chi connectivity index (χ4v) is 1.49. The van der Waals surface area contributed by atoms with Gasteiger partial charge in [-0.2, -0.15) is 13.2 Å². The molecular weight excluding hydrogens is 273 g/mol. The summed E-state index contributed by atoms with van der Waals surface area (Å²) >= 11 is 5.47. The molecule has 0 bridgehead atoms. The van der Waals surface area contributed by atoms with Crippen molar-refractivity contribution in [1.82, 2.24) is 4.57 Å². The normalized spacial score (nSPS) is 11.8. The highest BCUT2D eigenvalue weighted by atomic mass is 35.5. The number of aromatic nitrogens is 1. The monoisotopic (exact) mass is 284 g/mol. The van der Waals surface area contributed by atoms with Crippen LogP contribution >= 0.6 is 11.6 Å². The SMILES string of the molecule is NCCOCCn1cc(C(F)(F)F)cc(Cl)c1=O. The molecule has 0 spiro atoms. The van der Waals surface area contributed by atoms with Gasteiger partial charge in [-0.1, -0.05) is 11.6 Å². The zero-order chi connectivity index (χ0) is 13.8. The molecule has 0 aromatic carbocycles. The van der Waals surface area contributed by atoms with Gasteiger partial charge in [0.25, 0.3) is 5.56 Å². The Morgan fingerprint density at radius 3 is 2.61 bits per heavy atom. The van der Waals surface area contributed by atoms with Crippen LogP contribution in [0.25, 0.3) is 0 Å². The molecule has 0 fully saturated rings. The minimum absolute atomic E-state index is 0.0114. The lowest BCUT2D eigenvalue weighted by Gasteiger charge is -2.11. The first-order valence-electron chi connectivity index (χ1n) is 5.11. The summed E-state index contributed by atoms with van der Waals surface area (Å²) in [7, 11) is 0. The Bertz CT molecular complexity index is 459. The van der Waals surface area contributed by atoms with E-state index in [1.807, 2.05) is 0 Å². The summed E-state index contributed by atoms with van der Waals surface area (Å²) in [6.45, 7) is 0.664. The Morgan fingerprint density at radius 1 is 1.39 bits per heavy atom. The zero-order valence-electron chi connectivity index (χ0n) is 9.34. The molecule has 0 saturated carbocycles. The maximum Gasteiger partial charge on any atom is 0.417 e. The van der Waals surface area contributed by atoms with Gasteiger partial charge < -0.3 is 15.0 Å². The molecule has 0 aliphatic heterocycles. The molecule has 1 heterocycles. The smallest absolute Gasteiger partial charge is 0.378 e. The Hall–Kier alpha value is -1.05. The number of nitrogens with two attached hydrogens (primary N) is 1. The fraction of sp³-hybridized carbons (Fsp3) is 0.500. The van der Waals surface area contributed by atoms with E-state index in [-0.39, 0.29) is 19.8 Å². The van der Waals surface area contributed by atoms with Crippen LogP contribution < -0.4 is 11.3 Å². The van der Waals surface area contributed by atoms with Crippen molar-refractivity contribution in [2.24, 2.45) is 5.73 Å². The second-order valence-corrected chi connectivity index (χ2v) is 3.88. The van der Waals surface area contributed by atoms with Crippen LogP contribution in [0.5, 0.6) is 0 Å². The molecule has 4 nitrogen and oxygen atoms in total. The average Bonchev–Trinajstić information content (AvgIpc) is 2.28. The van der Waals surface area contributed by atoms with E-state index in [0.717, 1.165) is 10.8 Å². The summed E-state index contributed by atoms with van der Waals surface area (Å²) in [5, 5.41) is -0.469. The number of hydrogen-bond donors (Lipinski definition) is 1. The van der Waals surface area contributed by atoms with Crippen LogP contribution in [0.1, 0.15) is 5.56 Å². The molecule has 18 heavy (non-hydrogen) atoms. The van der Waals surface area contributed by atoms with Crippen molar-refractivity contribution in [3.8, 4) is 0 Å². The van der Waals surface area contributed by atoms with Gasteiger partial charge in [-0.05, 0) is 6.07 Å². The van der Waals surface area contributed by atoms with E-state index in [1.54, 1.807) is 0 Å². The van der Waals surface area contributed by atoms with Crippen molar-refractivity contribution in [3.63, 3.8) is 0 Å². The molecule has 8 heteroatoms. The van der Waals surface area contributed by atoms with Crippen LogP contribution in [-0.2, 0) is 17.5 Å². The van der Waals surface area contributed by atoms with Crippen LogP contribution in [0.3, 0.4) is 0 Å². The predicted molar refractivity (Wildman–Crippen MR) is 60.6 cm³/mol. The first-order valence-corrected chi connectivity index (χ1v) is 5.49. The lowest BCUT2D eigenvalue weighted by atomic mass is 10.2. The number of nitrogens with zero attached hydrogens (tertiary/aromatic N) is 1. The number of ether oxygens (including phenoxy) is 1. The van der Waals surface area contributed by atoms with E-state index in [1.165, 1.54) is 0 Å². The molecule has 0 atom stereocenters. The maximum absolute atomic E-state index is 12.5. The third-order valence-electron chi connectivity index (χ3n) is 2.11. The molecule has 0 unspecified atom stereocenters. The second kappa shape index (κ2) is 6.21. The van der Waals surface area contributed by atoms with Crippen molar-refractivity contribution in [1.29, 1.82) is 0 Å². The molecule has 0 aliphatic rings. The lowest BCUT2D eigenvalue weighted by Crippen LogP contribution is -2.25. The van der Waals surface area contributed by atoms with E-state index in [4.69, 9.17) is 22.1 Å². The second-order valence-electron chi connectivity index (χ2n) is 3.47. The summed E-state index contributed by atoms with van der Waals surface area (Å²) in [6, 6.07) is 0.612. The molecule has 0 saturated heterocycles. The molecule has 0 radical (unpaired) electrons. The van der Waals surface area contributed by atoms with Crippen LogP contribution in [-0.4, -0.2) is 24.3 Å². The predicted octanol–water partition coefficient (Wildman–Crippen LogP) is 1.50. The Labute approximate surface area is 106 Å². The largest absolute Gasteiger partial charge is 0.417 e. The van der Waals surface area contributed by atoms with Gasteiger partial charge in [0, 0.05) is 19.3 Å². The minimum atomic E-state index is -4.54. The lowest BCUT2D eigenvalue weighted by molar-refractivity contribution is -0.138. The van der Waals surface area contributed by atoms with Crippen molar-refractivity contribution < 1.29 is 17.9 Å². The Morgan fingerprint density at radius 2 is 2.06 bits per heavy atom. The van der Waals surface area contributed by atoms with Crippen molar-refractivity contribution >= 4 is 11.6 Å². The van der Waals surface area contributed by atoms with E-state index < -0.39 is 22.3 Å². The van der Waals surface area contributed by atoms with Gasteiger partial charge in [0.1, 0.15) is 5.02 Å². The topological polar surface area (TPSA) is 57.2 Å². The number of halogens is 4. The molecule has 1 aromatic rings. The number of rotatable bonds is 5. The number of alkyl halides is 3. The van der Waals surface area contributed by atoms with E-state index >= 15 is 0 Å². The molecule has 102 valence electrons. The Balaban J connectivity index is 2.90. The third-order valence-corrected chi connectivity index (χ3v) is 2.38. The van der Waals surface area contributed by atoms with Gasteiger partial charge in [0.05, 0.1) is 18.8 Å². The molecule has 0 aliphatic carbocycles. The van der Waals surface area contributed by atoms with Gasteiger partial charge >= 0.3 is 6.18 Å². The van der Waals surface area contributed by atoms with E-state index in [2.05, 4.69) is 0 Å². The molecule has 2 N–H and O–H groups in total. The summed E-state index contributed by atoms with van der Waals surface area (Å²) in [5.41, 5.74) is 3.53. The van der Waals surface area contributed by atoms with E-state index in [9.17, 15) is 18.0 Å². The van der Waals surface area contributed by atoms with Crippen LogP contribution in [0, 0.1) is 0 Å². The van der Waals surface area contributed by atoms with E-state index in [0.29, 0.717) is 12.6 Å². The summed E-state index contributed by atoms with van der Waals surface area (Å²) in [5.74, 6) is 0. The Kier molecular flexibility index (Phi) is 5.18. The van der Waals surface area contributed by atoms with Crippen LogP contribution in [0.15, 0.2) is 17.1 Å². The number of hydrogen-bond acceptors (Lipinski definition) is 3. The van der Waals surface area contributed by atoms with Gasteiger partial charge in [-0.3, -0.25) is 4.79 Å². The zero-order valence-corrected chi connectivity index (χ0v) is 10.1. The minimum Gasteiger partial charge on any atom is -0.378 e. The van der Waals surface area contributed by atoms with Crippen molar-refractivity contribution in [3.05, 3.63) is 33.2 Å². The fourth-order valence-electron chi connectivity index (χ4n) is 1.27. The van der Waals surface area contributed by atoms with Gasteiger partial charge in [-0.25, -0.2) is 0 Å². The first kappa shape index (κ1) is 15.0. The summed E-state index contributed by atoms with van der Waals surface area (Å²) in [4.78, 5) is 11.5. The molecule has 1 rings (SSSR count). The maximum atomic E-state index is 12.5.